The van der Waals surface area contributed by atoms with Gasteiger partial charge in [0, 0.05) is 30.0 Å². The van der Waals surface area contributed by atoms with E-state index in [1.165, 1.54) is 14.0 Å². The maximum absolute atomic E-state index is 12.6. The van der Waals surface area contributed by atoms with Gasteiger partial charge in [0.2, 0.25) is 5.78 Å². The minimum atomic E-state index is -1.36. The molecule has 2 heterocycles. The van der Waals surface area contributed by atoms with Gasteiger partial charge in [-0.3, -0.25) is 9.59 Å². The lowest BCUT2D eigenvalue weighted by Gasteiger charge is -2.46. The molecule has 3 atom stereocenters. The predicted octanol–water partition coefficient (Wildman–Crippen LogP) is 1.21. The zero-order valence-corrected chi connectivity index (χ0v) is 14.4. The van der Waals surface area contributed by atoms with Crippen LogP contribution in [-0.4, -0.2) is 51.9 Å². The second-order valence-electron chi connectivity index (χ2n) is 6.84. The first kappa shape index (κ1) is 17.5. The summed E-state index contributed by atoms with van der Waals surface area (Å²) in [4.78, 5) is 36.4. The van der Waals surface area contributed by atoms with Crippen LogP contribution in [-0.2, 0) is 25.4 Å². The third-order valence-corrected chi connectivity index (χ3v) is 5.08. The van der Waals surface area contributed by atoms with Crippen LogP contribution in [0.3, 0.4) is 0 Å². The molecule has 2 aliphatic heterocycles. The molecule has 0 aromatic heterocycles. The van der Waals surface area contributed by atoms with Gasteiger partial charge in [-0.25, -0.2) is 4.79 Å². The largest absolute Gasteiger partial charge is 0.507 e. The molecule has 4 rings (SSSR count). The van der Waals surface area contributed by atoms with Gasteiger partial charge < -0.3 is 29.5 Å². The molecule has 1 aromatic carbocycles. The summed E-state index contributed by atoms with van der Waals surface area (Å²) in [6.45, 7) is 1.52. The molecule has 0 saturated carbocycles. The summed E-state index contributed by atoms with van der Waals surface area (Å²) in [5.41, 5.74) is -0.391. The summed E-state index contributed by atoms with van der Waals surface area (Å²) in [6.07, 6.45) is -1.38. The highest BCUT2D eigenvalue weighted by Gasteiger charge is 2.50. The van der Waals surface area contributed by atoms with E-state index in [2.05, 4.69) is 0 Å². The Morgan fingerprint density at radius 1 is 1.22 bits per heavy atom. The molecular formula is C18H16O9. The van der Waals surface area contributed by atoms with E-state index in [1.807, 2.05) is 0 Å². The number of aromatic hydroxyl groups is 2. The van der Waals surface area contributed by atoms with Gasteiger partial charge in [-0.05, 0) is 6.92 Å². The Morgan fingerprint density at radius 3 is 2.56 bits per heavy atom. The Morgan fingerprint density at radius 2 is 1.93 bits per heavy atom. The molecule has 0 spiro atoms. The fraction of sp³-hybridized carbons (Fsp3) is 0.389. The van der Waals surface area contributed by atoms with E-state index >= 15 is 0 Å². The molecule has 0 unspecified atom stereocenters. The number of fused-ring (bicyclic) bond motifs is 5. The Kier molecular flexibility index (Phi) is 3.59. The minimum absolute atomic E-state index is 0.105. The average molecular weight is 376 g/mol. The van der Waals surface area contributed by atoms with Crippen LogP contribution < -0.4 is 0 Å². The summed E-state index contributed by atoms with van der Waals surface area (Å²) in [5.74, 6) is -5.18. The Labute approximate surface area is 152 Å². The number of carbonyl (C=O) groups excluding carboxylic acids is 2. The van der Waals surface area contributed by atoms with E-state index in [0.717, 1.165) is 6.08 Å². The molecule has 3 aliphatic rings. The Hall–Kier alpha value is -2.91. The van der Waals surface area contributed by atoms with Crippen LogP contribution in [0.2, 0.25) is 0 Å². The van der Waals surface area contributed by atoms with Crippen molar-refractivity contribution in [3.05, 3.63) is 34.1 Å². The van der Waals surface area contributed by atoms with Crippen molar-refractivity contribution >= 4 is 17.5 Å². The molecule has 1 aliphatic carbocycles. The molecule has 1 saturated heterocycles. The van der Waals surface area contributed by atoms with Crippen molar-refractivity contribution in [3.63, 3.8) is 0 Å². The lowest BCUT2D eigenvalue weighted by molar-refractivity contribution is -0.314. The summed E-state index contributed by atoms with van der Waals surface area (Å²) in [7, 11) is 1.22. The molecule has 1 aromatic rings. The standard InChI is InChI=1S/C18H16O9/c1-18-5-6-11(8(26-18)4-10(27-18)17(23)24)16(22)12-7(19)3-9(25-2)15(21)13(12)14(6)20/h3,8,10,20,22H,4-5H2,1-2H3,(H,23,24)/t8-,10-,18+/m1/s1. The number of ketones is 2. The summed E-state index contributed by atoms with van der Waals surface area (Å²) in [6, 6.07) is 0. The number of Topliss-reactive ketones (excluding diaryl/α,β-unsaturated/α-hetero) is 1. The van der Waals surface area contributed by atoms with Crippen molar-refractivity contribution in [3.8, 4) is 11.5 Å². The number of carbonyl (C=O) groups is 3. The summed E-state index contributed by atoms with van der Waals surface area (Å²) < 4.78 is 16.1. The lowest BCUT2D eigenvalue weighted by atomic mass is 9.80. The first-order valence-corrected chi connectivity index (χ1v) is 8.20. The van der Waals surface area contributed by atoms with Crippen LogP contribution in [0.25, 0.3) is 0 Å². The van der Waals surface area contributed by atoms with Gasteiger partial charge >= 0.3 is 5.97 Å². The third-order valence-electron chi connectivity index (χ3n) is 5.08. The zero-order chi connectivity index (χ0) is 19.7. The third kappa shape index (κ3) is 2.35. The van der Waals surface area contributed by atoms with E-state index in [9.17, 15) is 29.7 Å². The van der Waals surface area contributed by atoms with Crippen LogP contribution >= 0.6 is 0 Å². The molecule has 142 valence electrons. The van der Waals surface area contributed by atoms with Gasteiger partial charge in [-0.1, -0.05) is 0 Å². The van der Waals surface area contributed by atoms with Gasteiger partial charge in [0.05, 0.1) is 24.3 Å². The molecule has 27 heavy (non-hydrogen) atoms. The van der Waals surface area contributed by atoms with Crippen molar-refractivity contribution in [1.29, 1.82) is 0 Å². The van der Waals surface area contributed by atoms with Crippen molar-refractivity contribution in [2.24, 2.45) is 0 Å². The number of ether oxygens (including phenoxy) is 3. The van der Waals surface area contributed by atoms with Crippen LogP contribution in [0.1, 0.15) is 51.3 Å². The van der Waals surface area contributed by atoms with Gasteiger partial charge in [0.25, 0.3) is 0 Å². The van der Waals surface area contributed by atoms with Crippen LogP contribution in [0, 0.1) is 0 Å². The molecule has 0 radical (unpaired) electrons. The number of aliphatic carboxylic acids is 1. The number of hydrogen-bond donors (Lipinski definition) is 3. The maximum Gasteiger partial charge on any atom is 0.333 e. The number of phenols is 2. The number of benzene rings is 1. The highest BCUT2D eigenvalue weighted by atomic mass is 16.7. The minimum Gasteiger partial charge on any atom is -0.507 e. The van der Waals surface area contributed by atoms with Gasteiger partial charge in [0.15, 0.2) is 23.4 Å². The molecule has 0 amide bonds. The quantitative estimate of drug-likeness (QED) is 0.650. The lowest BCUT2D eigenvalue weighted by Crippen LogP contribution is -2.50. The summed E-state index contributed by atoms with van der Waals surface area (Å²) in [5, 5.41) is 30.8. The molecule has 3 N–H and O–H groups in total. The van der Waals surface area contributed by atoms with Gasteiger partial charge in [-0.15, -0.1) is 0 Å². The smallest absolute Gasteiger partial charge is 0.333 e. The molecule has 1 fully saturated rings. The molecule has 9 heteroatoms. The molecule has 2 bridgehead atoms. The van der Waals surface area contributed by atoms with Gasteiger partial charge in [0.1, 0.15) is 11.5 Å². The predicted molar refractivity (Wildman–Crippen MR) is 86.6 cm³/mol. The van der Waals surface area contributed by atoms with Crippen molar-refractivity contribution < 1.29 is 43.9 Å². The topological polar surface area (TPSA) is 140 Å². The number of rotatable bonds is 2. The number of methoxy groups -OCH3 is 1. The van der Waals surface area contributed by atoms with E-state index in [1.54, 1.807) is 0 Å². The maximum atomic E-state index is 12.6. The van der Waals surface area contributed by atoms with Crippen LogP contribution in [0.5, 0.6) is 11.5 Å². The SMILES string of the molecule is COC1=CC(=O)c2c(O)c3c(c(O)c2C1=O)C[C@]1(C)O[C@@H](C(=O)O)C[C@H]3O1. The van der Waals surface area contributed by atoms with E-state index < -0.39 is 47.0 Å². The van der Waals surface area contributed by atoms with E-state index in [0.29, 0.717) is 0 Å². The van der Waals surface area contributed by atoms with Crippen LogP contribution in [0.4, 0.5) is 0 Å². The monoisotopic (exact) mass is 376 g/mol. The fourth-order valence-electron chi connectivity index (χ4n) is 3.96. The highest BCUT2D eigenvalue weighted by molar-refractivity contribution is 6.26. The molecular weight excluding hydrogens is 360 g/mol. The van der Waals surface area contributed by atoms with Crippen molar-refractivity contribution in [2.75, 3.05) is 7.11 Å². The number of hydrogen-bond acceptors (Lipinski definition) is 8. The second kappa shape index (κ2) is 5.54. The summed E-state index contributed by atoms with van der Waals surface area (Å²) >= 11 is 0. The first-order valence-electron chi connectivity index (χ1n) is 8.20. The highest BCUT2D eigenvalue weighted by Crippen LogP contribution is 2.53. The normalized spacial score (nSPS) is 28.9. The van der Waals surface area contributed by atoms with Gasteiger partial charge in [-0.2, -0.15) is 0 Å². The number of allylic oxidation sites excluding steroid dienone is 2. The number of carboxylic acids is 1. The fourth-order valence-corrected chi connectivity index (χ4v) is 3.96. The van der Waals surface area contributed by atoms with Crippen molar-refractivity contribution in [1.82, 2.24) is 0 Å². The Bertz CT molecular complexity index is 945. The number of carboxylic acid groups (broad SMARTS) is 1. The van der Waals surface area contributed by atoms with Crippen LogP contribution in [0.15, 0.2) is 11.8 Å². The molecule has 9 nitrogen and oxygen atoms in total. The Balaban J connectivity index is 1.95. The van der Waals surface area contributed by atoms with Crippen molar-refractivity contribution in [2.45, 2.75) is 37.8 Å². The zero-order valence-electron chi connectivity index (χ0n) is 14.4. The number of phenolic OH excluding ortho intramolecular Hbond substituents is 2. The first-order chi connectivity index (χ1) is 12.7. The second-order valence-corrected chi connectivity index (χ2v) is 6.84. The average Bonchev–Trinajstić information content (AvgIpc) is 2.59. The van der Waals surface area contributed by atoms with E-state index in [-0.39, 0.29) is 40.9 Å². The van der Waals surface area contributed by atoms with E-state index in [4.69, 9.17) is 14.2 Å².